The second-order valence-electron chi connectivity index (χ2n) is 4.99. The first kappa shape index (κ1) is 12.9. The highest BCUT2D eigenvalue weighted by atomic mass is 16.6. The monoisotopic (exact) mass is 278 g/mol. The SMILES string of the molecule is O=C1CCCN1C1c2cc([N+](=O)[O-])ccc2OC[C@H]1O. The number of hydrogen-bond acceptors (Lipinski definition) is 5. The van der Waals surface area contributed by atoms with Crippen LogP contribution in [0.3, 0.4) is 0 Å². The molecule has 1 amide bonds. The average Bonchev–Trinajstić information content (AvgIpc) is 2.84. The highest BCUT2D eigenvalue weighted by molar-refractivity contribution is 5.79. The maximum absolute atomic E-state index is 11.9. The fraction of sp³-hybridized carbons (Fsp3) is 0.462. The maximum Gasteiger partial charge on any atom is 0.270 e. The predicted octanol–water partition coefficient (Wildman–Crippen LogP) is 1.01. The van der Waals surface area contributed by atoms with Gasteiger partial charge in [0.1, 0.15) is 18.5 Å². The molecule has 0 spiro atoms. The summed E-state index contributed by atoms with van der Waals surface area (Å²) in [6, 6.07) is 3.70. The normalized spacial score (nSPS) is 25.2. The minimum Gasteiger partial charge on any atom is -0.490 e. The maximum atomic E-state index is 11.9. The van der Waals surface area contributed by atoms with E-state index in [0.717, 1.165) is 6.42 Å². The Morgan fingerprint density at radius 1 is 1.45 bits per heavy atom. The predicted molar refractivity (Wildman–Crippen MR) is 68.3 cm³/mol. The van der Waals surface area contributed by atoms with Crippen molar-refractivity contribution in [1.82, 2.24) is 4.90 Å². The van der Waals surface area contributed by atoms with Crippen molar-refractivity contribution in [3.8, 4) is 5.75 Å². The number of nitrogens with zero attached hydrogens (tertiary/aromatic N) is 2. The van der Waals surface area contributed by atoms with Gasteiger partial charge in [-0.15, -0.1) is 0 Å². The topological polar surface area (TPSA) is 92.9 Å². The average molecular weight is 278 g/mol. The Bertz CT molecular complexity index is 574. The molecule has 1 saturated heterocycles. The minimum absolute atomic E-state index is 0.0339. The molecule has 1 aromatic carbocycles. The van der Waals surface area contributed by atoms with E-state index in [4.69, 9.17) is 4.74 Å². The van der Waals surface area contributed by atoms with E-state index in [1.807, 2.05) is 0 Å². The number of nitro benzene ring substituents is 1. The molecular weight excluding hydrogens is 264 g/mol. The number of carbonyl (C=O) groups excluding carboxylic acids is 1. The van der Waals surface area contributed by atoms with Gasteiger partial charge in [0.15, 0.2) is 0 Å². The third kappa shape index (κ3) is 2.00. The Morgan fingerprint density at radius 3 is 2.90 bits per heavy atom. The van der Waals surface area contributed by atoms with Crippen LogP contribution in [0.25, 0.3) is 0 Å². The van der Waals surface area contributed by atoms with Crippen LogP contribution in [0, 0.1) is 10.1 Å². The lowest BCUT2D eigenvalue weighted by Crippen LogP contribution is -2.42. The molecule has 7 nitrogen and oxygen atoms in total. The van der Waals surface area contributed by atoms with Gasteiger partial charge in [-0.05, 0) is 12.5 Å². The van der Waals surface area contributed by atoms with E-state index in [1.54, 1.807) is 4.90 Å². The van der Waals surface area contributed by atoms with Gasteiger partial charge in [-0.2, -0.15) is 0 Å². The Hall–Kier alpha value is -2.15. The number of rotatable bonds is 2. The van der Waals surface area contributed by atoms with Gasteiger partial charge in [0.05, 0.1) is 11.0 Å². The Balaban J connectivity index is 2.05. The van der Waals surface area contributed by atoms with E-state index in [9.17, 15) is 20.0 Å². The molecule has 7 heteroatoms. The summed E-state index contributed by atoms with van der Waals surface area (Å²) in [4.78, 5) is 23.9. The zero-order chi connectivity index (χ0) is 14.3. The molecule has 0 aliphatic carbocycles. The summed E-state index contributed by atoms with van der Waals surface area (Å²) in [6.07, 6.45) is 0.327. The molecule has 1 unspecified atom stereocenters. The molecule has 0 radical (unpaired) electrons. The van der Waals surface area contributed by atoms with Crippen molar-refractivity contribution in [2.24, 2.45) is 0 Å². The number of likely N-dealkylation sites (tertiary alicyclic amines) is 1. The van der Waals surface area contributed by atoms with Crippen LogP contribution in [0.15, 0.2) is 18.2 Å². The number of hydrogen-bond donors (Lipinski definition) is 1. The zero-order valence-electron chi connectivity index (χ0n) is 10.7. The number of carbonyl (C=O) groups is 1. The van der Waals surface area contributed by atoms with E-state index in [0.29, 0.717) is 24.3 Å². The number of ether oxygens (including phenoxy) is 1. The number of benzene rings is 1. The second-order valence-corrected chi connectivity index (χ2v) is 4.99. The van der Waals surface area contributed by atoms with Crippen molar-refractivity contribution >= 4 is 11.6 Å². The van der Waals surface area contributed by atoms with E-state index in [2.05, 4.69) is 0 Å². The van der Waals surface area contributed by atoms with Crippen LogP contribution in [0.1, 0.15) is 24.4 Å². The van der Waals surface area contributed by atoms with E-state index < -0.39 is 17.1 Å². The number of non-ortho nitro benzene ring substituents is 1. The van der Waals surface area contributed by atoms with Crippen molar-refractivity contribution in [3.05, 3.63) is 33.9 Å². The fourth-order valence-electron chi connectivity index (χ4n) is 2.82. The molecular formula is C13H14N2O5. The molecule has 0 bridgehead atoms. The summed E-state index contributed by atoms with van der Waals surface area (Å²) in [7, 11) is 0. The van der Waals surface area contributed by atoms with Crippen LogP contribution in [0.2, 0.25) is 0 Å². The number of aliphatic hydroxyl groups is 1. The number of fused-ring (bicyclic) bond motifs is 1. The van der Waals surface area contributed by atoms with Crippen molar-refractivity contribution in [2.75, 3.05) is 13.2 Å². The van der Waals surface area contributed by atoms with Gasteiger partial charge in [0.25, 0.3) is 5.69 Å². The highest BCUT2D eigenvalue weighted by Crippen LogP contribution is 2.39. The van der Waals surface area contributed by atoms with Gasteiger partial charge in [-0.1, -0.05) is 0 Å². The smallest absolute Gasteiger partial charge is 0.270 e. The van der Waals surface area contributed by atoms with Gasteiger partial charge < -0.3 is 14.7 Å². The van der Waals surface area contributed by atoms with Gasteiger partial charge in [-0.3, -0.25) is 14.9 Å². The molecule has 2 atom stereocenters. The molecule has 3 rings (SSSR count). The van der Waals surface area contributed by atoms with Crippen molar-refractivity contribution in [2.45, 2.75) is 25.0 Å². The molecule has 0 aromatic heterocycles. The summed E-state index contributed by atoms with van der Waals surface area (Å²) in [5, 5.41) is 21.0. The Kier molecular flexibility index (Phi) is 3.06. The lowest BCUT2D eigenvalue weighted by atomic mass is 9.96. The van der Waals surface area contributed by atoms with Crippen molar-refractivity contribution in [3.63, 3.8) is 0 Å². The van der Waals surface area contributed by atoms with Crippen LogP contribution in [0.5, 0.6) is 5.75 Å². The van der Waals surface area contributed by atoms with Crippen LogP contribution in [0.4, 0.5) is 5.69 Å². The molecule has 0 saturated carbocycles. The third-order valence-corrected chi connectivity index (χ3v) is 3.74. The van der Waals surface area contributed by atoms with E-state index in [1.165, 1.54) is 18.2 Å². The lowest BCUT2D eigenvalue weighted by molar-refractivity contribution is -0.385. The number of aliphatic hydroxyl groups excluding tert-OH is 1. The molecule has 2 aliphatic rings. The summed E-state index contributed by atoms with van der Waals surface area (Å²) < 4.78 is 5.38. The number of amides is 1. The first-order valence-corrected chi connectivity index (χ1v) is 6.46. The zero-order valence-corrected chi connectivity index (χ0v) is 10.7. The molecule has 1 N–H and O–H groups in total. The second kappa shape index (κ2) is 4.75. The Morgan fingerprint density at radius 2 is 2.25 bits per heavy atom. The summed E-state index contributed by atoms with van der Waals surface area (Å²) in [5.74, 6) is 0.457. The quantitative estimate of drug-likeness (QED) is 0.643. The largest absolute Gasteiger partial charge is 0.490 e. The molecule has 1 aromatic rings. The van der Waals surface area contributed by atoms with Crippen molar-refractivity contribution < 1.29 is 19.6 Å². The summed E-state index contributed by atoms with van der Waals surface area (Å²) in [5.41, 5.74) is 0.436. The Labute approximate surface area is 114 Å². The van der Waals surface area contributed by atoms with Crippen LogP contribution in [-0.2, 0) is 4.79 Å². The fourth-order valence-corrected chi connectivity index (χ4v) is 2.82. The first-order valence-electron chi connectivity index (χ1n) is 6.46. The van der Waals surface area contributed by atoms with Crippen LogP contribution < -0.4 is 4.74 Å². The summed E-state index contributed by atoms with van der Waals surface area (Å²) >= 11 is 0. The van der Waals surface area contributed by atoms with Gasteiger partial charge in [0.2, 0.25) is 5.91 Å². The third-order valence-electron chi connectivity index (χ3n) is 3.74. The van der Waals surface area contributed by atoms with Crippen molar-refractivity contribution in [1.29, 1.82) is 0 Å². The van der Waals surface area contributed by atoms with Gasteiger partial charge in [0, 0.05) is 30.7 Å². The standard InChI is InChI=1S/C13H14N2O5/c16-10-7-20-11-4-3-8(15(18)19)6-9(11)13(10)14-5-1-2-12(14)17/h3-4,6,10,13,16H,1-2,5,7H2/t10-,13?/m1/s1. The van der Waals surface area contributed by atoms with Gasteiger partial charge in [-0.25, -0.2) is 0 Å². The molecule has 106 valence electrons. The molecule has 2 heterocycles. The molecule has 2 aliphatic heterocycles. The van der Waals surface area contributed by atoms with Gasteiger partial charge >= 0.3 is 0 Å². The van der Waals surface area contributed by atoms with E-state index in [-0.39, 0.29) is 18.2 Å². The molecule has 20 heavy (non-hydrogen) atoms. The minimum atomic E-state index is -0.869. The van der Waals surface area contributed by atoms with E-state index >= 15 is 0 Å². The highest BCUT2D eigenvalue weighted by Gasteiger charge is 2.39. The summed E-state index contributed by atoms with van der Waals surface area (Å²) in [6.45, 7) is 0.641. The van der Waals surface area contributed by atoms with Crippen LogP contribution >= 0.6 is 0 Å². The lowest BCUT2D eigenvalue weighted by Gasteiger charge is -2.36. The first-order chi connectivity index (χ1) is 9.58. The van der Waals surface area contributed by atoms with Crippen LogP contribution in [-0.4, -0.2) is 40.1 Å². The number of nitro groups is 1. The molecule has 1 fully saturated rings.